The largest absolute Gasteiger partial charge is 0.486 e. The van der Waals surface area contributed by atoms with Gasteiger partial charge in [-0.05, 0) is 57.5 Å². The molecule has 34 heavy (non-hydrogen) atoms. The minimum Gasteiger partial charge on any atom is -0.486 e. The maximum Gasteiger partial charge on any atom is 0.259 e. The van der Waals surface area contributed by atoms with Gasteiger partial charge in [-0.25, -0.2) is 9.37 Å². The molecule has 5 rings (SSSR count). The Morgan fingerprint density at radius 1 is 1.21 bits per heavy atom. The van der Waals surface area contributed by atoms with Crippen LogP contribution in [0.2, 0.25) is 5.02 Å². The topological polar surface area (TPSA) is 79.0 Å². The molecule has 0 saturated heterocycles. The quantitative estimate of drug-likeness (QED) is 0.305. The highest BCUT2D eigenvalue weighted by Gasteiger charge is 2.36. The molecule has 8 heteroatoms. The van der Waals surface area contributed by atoms with Gasteiger partial charge in [-0.2, -0.15) is 0 Å². The van der Waals surface area contributed by atoms with Crippen LogP contribution in [0.5, 0.6) is 5.75 Å². The third-order valence-corrected chi connectivity index (χ3v) is 6.21. The molecule has 6 nitrogen and oxygen atoms in total. The van der Waals surface area contributed by atoms with E-state index in [1.165, 1.54) is 12.1 Å². The van der Waals surface area contributed by atoms with Crippen LogP contribution in [0.4, 0.5) is 21.7 Å². The fourth-order valence-corrected chi connectivity index (χ4v) is 4.54. The van der Waals surface area contributed by atoms with Crippen LogP contribution in [-0.2, 0) is 6.42 Å². The molecule has 3 N–H and O–H groups in total. The summed E-state index contributed by atoms with van der Waals surface area (Å²) in [5, 5.41) is 6.17. The van der Waals surface area contributed by atoms with Crippen LogP contribution in [0.15, 0.2) is 42.5 Å². The number of benzene rings is 3. The van der Waals surface area contributed by atoms with E-state index in [4.69, 9.17) is 16.3 Å². The van der Waals surface area contributed by atoms with Crippen LogP contribution < -0.4 is 15.4 Å². The van der Waals surface area contributed by atoms with Crippen molar-refractivity contribution in [2.24, 2.45) is 0 Å². The molecule has 1 aromatic heterocycles. The fourth-order valence-electron chi connectivity index (χ4n) is 4.33. The highest BCUT2D eigenvalue weighted by atomic mass is 35.5. The number of imidazole rings is 1. The molecule has 1 aliphatic heterocycles. The zero-order chi connectivity index (χ0) is 24.2. The second-order valence-corrected chi connectivity index (χ2v) is 9.65. The minimum atomic E-state index is -0.490. The number of H-pyrrole nitrogens is 1. The molecule has 174 valence electrons. The standard InChI is InChI=1S/C26H24ClFN4O2/c1-13-8-9-19(14(2)10-13)29-24(33)15-11-20-21(16-12-26(3,4)34-23(15)16)31-25(30-20)32-22-17(27)6-5-7-18(22)28/h5-11H,12H2,1-4H3,(H,29,33)(H2,30,31,32). The van der Waals surface area contributed by atoms with Gasteiger partial charge >= 0.3 is 0 Å². The molecule has 0 spiro atoms. The number of carbonyl (C=O) groups excluding carboxylic acids is 1. The first kappa shape index (κ1) is 22.2. The SMILES string of the molecule is Cc1ccc(NC(=O)c2cc3nc(Nc4c(F)cccc4Cl)[nH]c3c3c2OC(C)(C)C3)c(C)c1. The molecule has 3 aromatic carbocycles. The van der Waals surface area contributed by atoms with Gasteiger partial charge in [-0.3, -0.25) is 4.79 Å². The number of nitrogens with one attached hydrogen (secondary N) is 3. The van der Waals surface area contributed by atoms with Crippen LogP contribution in [0.25, 0.3) is 11.0 Å². The van der Waals surface area contributed by atoms with Crippen LogP contribution in [0.1, 0.15) is 40.9 Å². The number of fused-ring (bicyclic) bond motifs is 3. The van der Waals surface area contributed by atoms with Gasteiger partial charge in [-0.1, -0.05) is 35.4 Å². The third-order valence-electron chi connectivity index (χ3n) is 5.90. The molecule has 0 bridgehead atoms. The lowest BCUT2D eigenvalue weighted by Crippen LogP contribution is -2.25. The predicted molar refractivity (Wildman–Crippen MR) is 133 cm³/mol. The van der Waals surface area contributed by atoms with Crippen molar-refractivity contribution in [2.75, 3.05) is 10.6 Å². The lowest BCUT2D eigenvalue weighted by molar-refractivity contribution is 0.101. The van der Waals surface area contributed by atoms with Crippen LogP contribution in [0.3, 0.4) is 0 Å². The number of aryl methyl sites for hydroxylation is 2. The number of amides is 1. The second-order valence-electron chi connectivity index (χ2n) is 9.24. The van der Waals surface area contributed by atoms with E-state index in [1.54, 1.807) is 12.1 Å². The Morgan fingerprint density at radius 2 is 2.00 bits per heavy atom. The zero-order valence-electron chi connectivity index (χ0n) is 19.3. The van der Waals surface area contributed by atoms with Crippen LogP contribution in [0, 0.1) is 19.7 Å². The summed E-state index contributed by atoms with van der Waals surface area (Å²) in [7, 11) is 0. The summed E-state index contributed by atoms with van der Waals surface area (Å²) in [6.07, 6.45) is 0.589. The number of aromatic amines is 1. The molecule has 2 heterocycles. The monoisotopic (exact) mass is 478 g/mol. The van der Waals surface area contributed by atoms with Gasteiger partial charge in [0.2, 0.25) is 5.95 Å². The van der Waals surface area contributed by atoms with Crippen molar-refractivity contribution < 1.29 is 13.9 Å². The van der Waals surface area contributed by atoms with Crippen LogP contribution >= 0.6 is 11.6 Å². The summed E-state index contributed by atoms with van der Waals surface area (Å²) >= 11 is 6.16. The number of aromatic nitrogens is 2. The van der Waals surface area contributed by atoms with Gasteiger partial charge in [-0.15, -0.1) is 0 Å². The Balaban J connectivity index is 1.57. The van der Waals surface area contributed by atoms with E-state index in [1.807, 2.05) is 45.9 Å². The molecule has 0 unspecified atom stereocenters. The maximum absolute atomic E-state index is 14.3. The molecule has 1 amide bonds. The van der Waals surface area contributed by atoms with E-state index in [2.05, 4.69) is 20.6 Å². The molecule has 0 aliphatic carbocycles. The Kier molecular flexibility index (Phi) is 5.24. The second kappa shape index (κ2) is 8.02. The number of hydrogen-bond acceptors (Lipinski definition) is 4. The first-order valence-electron chi connectivity index (χ1n) is 11.0. The van der Waals surface area contributed by atoms with E-state index in [0.29, 0.717) is 29.2 Å². The lowest BCUT2D eigenvalue weighted by atomic mass is 9.98. The van der Waals surface area contributed by atoms with E-state index in [0.717, 1.165) is 27.9 Å². The summed E-state index contributed by atoms with van der Waals surface area (Å²) in [5.74, 6) is 0.0772. The summed E-state index contributed by atoms with van der Waals surface area (Å²) < 4.78 is 20.5. The normalized spacial score (nSPS) is 14.1. The van der Waals surface area contributed by atoms with Gasteiger partial charge in [0.1, 0.15) is 17.2 Å². The molecule has 1 aliphatic rings. The Labute approximate surface area is 201 Å². The highest BCUT2D eigenvalue weighted by molar-refractivity contribution is 6.33. The summed E-state index contributed by atoms with van der Waals surface area (Å²) in [5.41, 5.74) is 5.03. The molecule has 0 radical (unpaired) electrons. The van der Waals surface area contributed by atoms with Gasteiger partial charge in [0, 0.05) is 17.7 Å². The summed E-state index contributed by atoms with van der Waals surface area (Å²) in [6, 6.07) is 12.0. The highest BCUT2D eigenvalue weighted by Crippen LogP contribution is 2.42. The number of carbonyl (C=O) groups is 1. The van der Waals surface area contributed by atoms with Crippen molar-refractivity contribution in [2.45, 2.75) is 39.7 Å². The number of para-hydroxylation sites is 1. The number of hydrogen-bond donors (Lipinski definition) is 3. The maximum atomic E-state index is 14.3. The number of rotatable bonds is 4. The predicted octanol–water partition coefficient (Wildman–Crippen LogP) is 6.68. The third kappa shape index (κ3) is 3.96. The number of halogens is 2. The number of ether oxygens (including phenoxy) is 1. The number of anilines is 3. The first-order valence-corrected chi connectivity index (χ1v) is 11.3. The molecular weight excluding hydrogens is 455 g/mol. The zero-order valence-corrected chi connectivity index (χ0v) is 20.0. The van der Waals surface area contributed by atoms with Crippen molar-refractivity contribution in [3.05, 3.63) is 75.6 Å². The molecule has 0 fully saturated rings. The van der Waals surface area contributed by atoms with E-state index in [9.17, 15) is 9.18 Å². The Hall–Kier alpha value is -3.58. The fraction of sp³-hybridized carbons (Fsp3) is 0.231. The number of nitrogens with zero attached hydrogens (tertiary/aromatic N) is 1. The van der Waals surface area contributed by atoms with E-state index in [-0.39, 0.29) is 16.6 Å². The Bertz CT molecular complexity index is 1440. The van der Waals surface area contributed by atoms with Gasteiger partial charge in [0.15, 0.2) is 0 Å². The van der Waals surface area contributed by atoms with Gasteiger partial charge < -0.3 is 20.4 Å². The van der Waals surface area contributed by atoms with Crippen molar-refractivity contribution in [3.8, 4) is 5.75 Å². The molecule has 0 atom stereocenters. The van der Waals surface area contributed by atoms with Gasteiger partial charge in [0.05, 0.1) is 27.3 Å². The van der Waals surface area contributed by atoms with E-state index < -0.39 is 11.4 Å². The molecule has 4 aromatic rings. The summed E-state index contributed by atoms with van der Waals surface area (Å²) in [6.45, 7) is 7.90. The van der Waals surface area contributed by atoms with Crippen molar-refractivity contribution in [3.63, 3.8) is 0 Å². The molecular formula is C26H24ClFN4O2. The summed E-state index contributed by atoms with van der Waals surface area (Å²) in [4.78, 5) is 21.1. The van der Waals surface area contributed by atoms with Crippen molar-refractivity contribution in [1.29, 1.82) is 0 Å². The minimum absolute atomic E-state index is 0.129. The van der Waals surface area contributed by atoms with Crippen LogP contribution in [-0.4, -0.2) is 21.5 Å². The smallest absolute Gasteiger partial charge is 0.259 e. The molecule has 0 saturated carbocycles. The van der Waals surface area contributed by atoms with E-state index >= 15 is 0 Å². The Morgan fingerprint density at radius 3 is 2.74 bits per heavy atom. The average molecular weight is 479 g/mol. The van der Waals surface area contributed by atoms with Gasteiger partial charge in [0.25, 0.3) is 5.91 Å². The van der Waals surface area contributed by atoms with Crippen molar-refractivity contribution in [1.82, 2.24) is 9.97 Å². The average Bonchev–Trinajstić information content (AvgIpc) is 3.31. The first-order chi connectivity index (χ1) is 16.1. The van der Waals surface area contributed by atoms with Crippen molar-refractivity contribution >= 4 is 45.9 Å². The lowest BCUT2D eigenvalue weighted by Gasteiger charge is -2.18.